The molecule has 174 valence electrons. The number of para-hydroxylation sites is 1. The summed E-state index contributed by atoms with van der Waals surface area (Å²) in [6.45, 7) is 0.483. The molecule has 1 amide bonds. The molecular formula is C24H28N4O5. The van der Waals surface area contributed by atoms with Crippen LogP contribution in [-0.2, 0) is 29.0 Å². The van der Waals surface area contributed by atoms with Crippen molar-refractivity contribution < 1.29 is 14.3 Å². The van der Waals surface area contributed by atoms with Crippen molar-refractivity contribution in [3.63, 3.8) is 0 Å². The van der Waals surface area contributed by atoms with Crippen LogP contribution in [0.3, 0.4) is 0 Å². The van der Waals surface area contributed by atoms with Gasteiger partial charge in [-0.3, -0.25) is 19.1 Å². The van der Waals surface area contributed by atoms with Gasteiger partial charge in [0.25, 0.3) is 5.56 Å². The fraction of sp³-hybridized carbons (Fsp3) is 0.292. The molecule has 0 atom stereocenters. The van der Waals surface area contributed by atoms with Gasteiger partial charge in [0.1, 0.15) is 11.6 Å². The summed E-state index contributed by atoms with van der Waals surface area (Å²) in [6, 6.07) is 16.7. The van der Waals surface area contributed by atoms with Crippen LogP contribution in [0.25, 0.3) is 0 Å². The van der Waals surface area contributed by atoms with Crippen LogP contribution in [0.2, 0.25) is 0 Å². The van der Waals surface area contributed by atoms with Crippen molar-refractivity contribution in [3.8, 4) is 5.75 Å². The number of amides is 1. The lowest BCUT2D eigenvalue weighted by Crippen LogP contribution is -2.41. The largest absolute Gasteiger partial charge is 0.496 e. The molecule has 3 N–H and O–H groups in total. The number of carbonyl (C=O) groups is 1. The van der Waals surface area contributed by atoms with Gasteiger partial charge in [0, 0.05) is 13.5 Å². The molecule has 0 aliphatic heterocycles. The summed E-state index contributed by atoms with van der Waals surface area (Å²) >= 11 is 0. The van der Waals surface area contributed by atoms with Crippen molar-refractivity contribution in [1.82, 2.24) is 9.55 Å². The van der Waals surface area contributed by atoms with Crippen LogP contribution in [0.1, 0.15) is 17.5 Å². The van der Waals surface area contributed by atoms with E-state index in [1.165, 1.54) is 16.6 Å². The summed E-state index contributed by atoms with van der Waals surface area (Å²) in [5.41, 5.74) is 6.51. The summed E-state index contributed by atoms with van der Waals surface area (Å²) in [5.74, 6) is 0.298. The number of aromatic nitrogens is 2. The number of hydrogen-bond donors (Lipinski definition) is 2. The summed E-state index contributed by atoms with van der Waals surface area (Å²) < 4.78 is 11.6. The zero-order valence-electron chi connectivity index (χ0n) is 18.7. The molecule has 0 bridgehead atoms. The van der Waals surface area contributed by atoms with Crippen molar-refractivity contribution in [2.45, 2.75) is 25.9 Å². The number of nitrogens with two attached hydrogens (primary N) is 1. The Kier molecular flexibility index (Phi) is 8.04. The number of carbonyl (C=O) groups excluding carboxylic acids is 1. The van der Waals surface area contributed by atoms with E-state index in [0.717, 1.165) is 11.1 Å². The lowest BCUT2D eigenvalue weighted by molar-refractivity contribution is -0.118. The molecule has 3 aromatic rings. The lowest BCUT2D eigenvalue weighted by Gasteiger charge is -2.25. The van der Waals surface area contributed by atoms with E-state index < -0.39 is 11.2 Å². The van der Waals surface area contributed by atoms with E-state index in [1.807, 2.05) is 54.6 Å². The average Bonchev–Trinajstić information content (AvgIpc) is 2.82. The van der Waals surface area contributed by atoms with Crippen LogP contribution in [0.15, 0.2) is 64.2 Å². The molecule has 0 aliphatic rings. The molecule has 0 spiro atoms. The van der Waals surface area contributed by atoms with Crippen molar-refractivity contribution in [1.29, 1.82) is 0 Å². The van der Waals surface area contributed by atoms with Gasteiger partial charge in [-0.1, -0.05) is 48.5 Å². The molecule has 1 heterocycles. The van der Waals surface area contributed by atoms with Crippen LogP contribution >= 0.6 is 0 Å². The zero-order chi connectivity index (χ0) is 23.8. The van der Waals surface area contributed by atoms with Gasteiger partial charge in [-0.2, -0.15) is 0 Å². The van der Waals surface area contributed by atoms with Crippen LogP contribution in [0.4, 0.5) is 11.5 Å². The predicted octanol–water partition coefficient (Wildman–Crippen LogP) is 1.94. The molecule has 0 saturated heterocycles. The van der Waals surface area contributed by atoms with Gasteiger partial charge in [0.05, 0.1) is 26.8 Å². The Morgan fingerprint density at radius 2 is 1.76 bits per heavy atom. The van der Waals surface area contributed by atoms with E-state index in [4.69, 9.17) is 15.2 Å². The molecule has 9 heteroatoms. The molecule has 0 fully saturated rings. The molecule has 0 saturated carbocycles. The summed E-state index contributed by atoms with van der Waals surface area (Å²) in [4.78, 5) is 42.1. The first-order chi connectivity index (χ1) is 16.0. The second-order valence-corrected chi connectivity index (χ2v) is 7.41. The topological polar surface area (TPSA) is 120 Å². The number of methoxy groups -OCH3 is 2. The number of rotatable bonds is 10. The molecule has 3 rings (SSSR count). The number of anilines is 2. The number of hydrogen-bond acceptors (Lipinski definition) is 6. The number of ether oxygens (including phenoxy) is 2. The minimum absolute atomic E-state index is 0.0559. The van der Waals surface area contributed by atoms with Gasteiger partial charge in [-0.05, 0) is 23.6 Å². The molecular weight excluding hydrogens is 424 g/mol. The van der Waals surface area contributed by atoms with Crippen molar-refractivity contribution in [2.75, 3.05) is 31.5 Å². The first kappa shape index (κ1) is 23.8. The highest BCUT2D eigenvalue weighted by molar-refractivity contribution is 5.95. The third-order valence-electron chi connectivity index (χ3n) is 5.29. The minimum Gasteiger partial charge on any atom is -0.496 e. The van der Waals surface area contributed by atoms with Gasteiger partial charge in [0.2, 0.25) is 5.91 Å². The van der Waals surface area contributed by atoms with Gasteiger partial charge in [-0.15, -0.1) is 0 Å². The second kappa shape index (κ2) is 11.1. The highest BCUT2D eigenvalue weighted by atomic mass is 16.5. The number of H-pyrrole nitrogens is 1. The average molecular weight is 453 g/mol. The standard InChI is InChI=1S/C24H28N4O5/c1-32-15-14-27-22(25)21(23(30)26-24(27)31)28(16-17-8-4-3-5-9-17)20(29)13-12-18-10-6-7-11-19(18)33-2/h3-11H,12-16,25H2,1-2H3,(H,26,30,31). The number of nitrogens with one attached hydrogen (secondary N) is 1. The Bertz CT molecular complexity index is 1200. The molecule has 9 nitrogen and oxygen atoms in total. The Balaban J connectivity index is 1.99. The quantitative estimate of drug-likeness (QED) is 0.485. The Morgan fingerprint density at radius 1 is 1.06 bits per heavy atom. The second-order valence-electron chi connectivity index (χ2n) is 7.41. The van der Waals surface area contributed by atoms with Crippen molar-refractivity contribution in [2.24, 2.45) is 0 Å². The zero-order valence-corrected chi connectivity index (χ0v) is 18.7. The molecule has 33 heavy (non-hydrogen) atoms. The molecule has 0 aliphatic carbocycles. The maximum atomic E-state index is 13.4. The molecule has 0 radical (unpaired) electrons. The molecule has 0 unspecified atom stereocenters. The number of aromatic amines is 1. The lowest BCUT2D eigenvalue weighted by atomic mass is 10.1. The van der Waals surface area contributed by atoms with Crippen LogP contribution < -0.4 is 26.6 Å². The van der Waals surface area contributed by atoms with E-state index in [9.17, 15) is 14.4 Å². The van der Waals surface area contributed by atoms with Gasteiger partial charge in [0.15, 0.2) is 5.69 Å². The molecule has 2 aromatic carbocycles. The van der Waals surface area contributed by atoms with Crippen LogP contribution in [-0.4, -0.2) is 36.3 Å². The normalized spacial score (nSPS) is 10.7. The predicted molar refractivity (Wildman–Crippen MR) is 127 cm³/mol. The number of nitrogens with zero attached hydrogens (tertiary/aromatic N) is 2. The maximum Gasteiger partial charge on any atom is 0.330 e. The Labute approximate surface area is 191 Å². The third kappa shape index (κ3) is 5.69. The Morgan fingerprint density at radius 3 is 2.45 bits per heavy atom. The van der Waals surface area contributed by atoms with Crippen molar-refractivity contribution >= 4 is 17.4 Å². The number of benzene rings is 2. The highest BCUT2D eigenvalue weighted by Crippen LogP contribution is 2.23. The van der Waals surface area contributed by atoms with Gasteiger partial charge >= 0.3 is 5.69 Å². The summed E-state index contributed by atoms with van der Waals surface area (Å²) in [6.07, 6.45) is 0.526. The first-order valence-electron chi connectivity index (χ1n) is 10.5. The van der Waals surface area contributed by atoms with Crippen LogP contribution in [0, 0.1) is 0 Å². The fourth-order valence-electron chi connectivity index (χ4n) is 3.59. The van der Waals surface area contributed by atoms with E-state index in [-0.39, 0.29) is 43.5 Å². The smallest absolute Gasteiger partial charge is 0.330 e. The van der Waals surface area contributed by atoms with Crippen LogP contribution in [0.5, 0.6) is 5.75 Å². The fourth-order valence-corrected chi connectivity index (χ4v) is 3.59. The number of nitrogen functional groups attached to an aromatic ring is 1. The summed E-state index contributed by atoms with van der Waals surface area (Å²) in [5, 5.41) is 0. The van der Waals surface area contributed by atoms with E-state index >= 15 is 0 Å². The first-order valence-corrected chi connectivity index (χ1v) is 10.5. The third-order valence-corrected chi connectivity index (χ3v) is 5.29. The molecule has 1 aromatic heterocycles. The van der Waals surface area contributed by atoms with Gasteiger partial charge < -0.3 is 20.1 Å². The van der Waals surface area contributed by atoms with E-state index in [0.29, 0.717) is 12.2 Å². The maximum absolute atomic E-state index is 13.4. The highest BCUT2D eigenvalue weighted by Gasteiger charge is 2.24. The van der Waals surface area contributed by atoms with Gasteiger partial charge in [-0.25, -0.2) is 4.79 Å². The number of aryl methyl sites for hydroxylation is 1. The summed E-state index contributed by atoms with van der Waals surface area (Å²) in [7, 11) is 3.07. The van der Waals surface area contributed by atoms with Crippen molar-refractivity contribution in [3.05, 3.63) is 86.6 Å². The van der Waals surface area contributed by atoms with E-state index in [1.54, 1.807) is 7.11 Å². The Hall–Kier alpha value is -3.85. The monoisotopic (exact) mass is 452 g/mol. The van der Waals surface area contributed by atoms with E-state index in [2.05, 4.69) is 4.98 Å². The minimum atomic E-state index is -0.715. The SMILES string of the molecule is COCCn1c(N)c(N(Cc2ccccc2)C(=O)CCc2ccccc2OC)c(=O)[nH]c1=O.